The molecule has 0 aromatic heterocycles. The van der Waals surface area contributed by atoms with Crippen LogP contribution in [0.5, 0.6) is 0 Å². The van der Waals surface area contributed by atoms with Crippen LogP contribution in [0.2, 0.25) is 10.0 Å². The Kier molecular flexibility index (Phi) is 5.84. The minimum Gasteiger partial charge on any atom is -0.322 e. The maximum atomic E-state index is 12.4. The number of carbonyl (C=O) groups is 1. The summed E-state index contributed by atoms with van der Waals surface area (Å²) in [6.45, 7) is 6.16. The molecular formula is C19H21Cl2N3O. The molecule has 0 atom stereocenters. The van der Waals surface area contributed by atoms with Crippen LogP contribution >= 0.6 is 23.2 Å². The van der Waals surface area contributed by atoms with Crippen molar-refractivity contribution in [1.82, 2.24) is 9.80 Å². The molecule has 2 aromatic carbocycles. The molecule has 1 aliphatic rings. The van der Waals surface area contributed by atoms with E-state index in [0.29, 0.717) is 28.8 Å². The van der Waals surface area contributed by atoms with Crippen LogP contribution in [0.3, 0.4) is 0 Å². The smallest absolute Gasteiger partial charge is 0.321 e. The van der Waals surface area contributed by atoms with Crippen molar-refractivity contribution in [2.45, 2.75) is 13.5 Å². The second-order valence-electron chi connectivity index (χ2n) is 6.24. The third kappa shape index (κ3) is 4.66. The molecule has 1 heterocycles. The van der Waals surface area contributed by atoms with Gasteiger partial charge in [0.2, 0.25) is 0 Å². The molecule has 1 N–H and O–H groups in total. The predicted molar refractivity (Wildman–Crippen MR) is 104 cm³/mol. The fraction of sp³-hybridized carbons (Fsp3) is 0.316. The van der Waals surface area contributed by atoms with Crippen LogP contribution in [0.1, 0.15) is 11.1 Å². The highest BCUT2D eigenvalue weighted by Crippen LogP contribution is 2.25. The number of amides is 2. The van der Waals surface area contributed by atoms with Gasteiger partial charge in [0.1, 0.15) is 0 Å². The number of rotatable bonds is 3. The van der Waals surface area contributed by atoms with E-state index < -0.39 is 0 Å². The number of hydrogen-bond acceptors (Lipinski definition) is 2. The molecule has 25 heavy (non-hydrogen) atoms. The zero-order valence-corrected chi connectivity index (χ0v) is 15.6. The van der Waals surface area contributed by atoms with Crippen molar-refractivity contribution in [3.05, 3.63) is 63.6 Å². The average molecular weight is 378 g/mol. The number of nitrogens with zero attached hydrogens (tertiary/aromatic N) is 2. The van der Waals surface area contributed by atoms with Gasteiger partial charge in [-0.3, -0.25) is 4.90 Å². The number of nitrogens with one attached hydrogen (secondary N) is 1. The molecule has 132 valence electrons. The van der Waals surface area contributed by atoms with Gasteiger partial charge in [-0.1, -0.05) is 47.5 Å². The van der Waals surface area contributed by atoms with E-state index >= 15 is 0 Å². The Balaban J connectivity index is 1.53. The highest BCUT2D eigenvalue weighted by molar-refractivity contribution is 6.36. The van der Waals surface area contributed by atoms with E-state index in [1.807, 2.05) is 4.90 Å². The third-order valence-electron chi connectivity index (χ3n) is 4.49. The lowest BCUT2D eigenvalue weighted by molar-refractivity contribution is 0.143. The minimum atomic E-state index is -0.125. The largest absolute Gasteiger partial charge is 0.322 e. The minimum absolute atomic E-state index is 0.125. The molecular weight excluding hydrogens is 357 g/mol. The maximum absolute atomic E-state index is 12.4. The van der Waals surface area contributed by atoms with Gasteiger partial charge in [-0.05, 0) is 36.2 Å². The lowest BCUT2D eigenvalue weighted by atomic mass is 10.1. The van der Waals surface area contributed by atoms with E-state index in [9.17, 15) is 4.79 Å². The standard InChI is InChI=1S/C19H21Cl2N3O/c1-14-4-2-3-5-15(14)13-23-8-10-24(11-9-23)19(25)22-18-7-6-16(20)12-17(18)21/h2-7,12H,8-11,13H2,1H3,(H,22,25). The maximum Gasteiger partial charge on any atom is 0.321 e. The highest BCUT2D eigenvalue weighted by Gasteiger charge is 2.22. The molecule has 3 rings (SSSR count). The van der Waals surface area contributed by atoms with E-state index in [1.54, 1.807) is 18.2 Å². The highest BCUT2D eigenvalue weighted by atomic mass is 35.5. The lowest BCUT2D eigenvalue weighted by Gasteiger charge is -2.35. The van der Waals surface area contributed by atoms with Crippen molar-refractivity contribution in [2.24, 2.45) is 0 Å². The van der Waals surface area contributed by atoms with E-state index in [0.717, 1.165) is 19.6 Å². The Morgan fingerprint density at radius 1 is 1.08 bits per heavy atom. The van der Waals surface area contributed by atoms with Gasteiger partial charge in [0.25, 0.3) is 0 Å². The van der Waals surface area contributed by atoms with Crippen molar-refractivity contribution >= 4 is 34.9 Å². The Hall–Kier alpha value is -1.75. The van der Waals surface area contributed by atoms with Gasteiger partial charge < -0.3 is 10.2 Å². The molecule has 2 aromatic rings. The summed E-state index contributed by atoms with van der Waals surface area (Å²) in [6.07, 6.45) is 0. The summed E-state index contributed by atoms with van der Waals surface area (Å²) in [5.41, 5.74) is 3.23. The van der Waals surface area contributed by atoms with Gasteiger partial charge in [-0.2, -0.15) is 0 Å². The molecule has 1 fully saturated rings. The molecule has 0 spiro atoms. The topological polar surface area (TPSA) is 35.6 Å². The summed E-state index contributed by atoms with van der Waals surface area (Å²) >= 11 is 12.0. The molecule has 0 bridgehead atoms. The summed E-state index contributed by atoms with van der Waals surface area (Å²) in [6, 6.07) is 13.4. The number of carbonyl (C=O) groups excluding carboxylic acids is 1. The van der Waals surface area contributed by atoms with Crippen LogP contribution in [0, 0.1) is 6.92 Å². The molecule has 1 saturated heterocycles. The zero-order chi connectivity index (χ0) is 17.8. The second-order valence-corrected chi connectivity index (χ2v) is 7.09. The monoisotopic (exact) mass is 377 g/mol. The van der Waals surface area contributed by atoms with E-state index in [2.05, 4.69) is 41.4 Å². The molecule has 4 nitrogen and oxygen atoms in total. The molecule has 0 radical (unpaired) electrons. The van der Waals surface area contributed by atoms with E-state index in [-0.39, 0.29) is 6.03 Å². The van der Waals surface area contributed by atoms with Crippen LogP contribution in [-0.2, 0) is 6.54 Å². The Labute approximate surface area is 158 Å². The van der Waals surface area contributed by atoms with E-state index in [4.69, 9.17) is 23.2 Å². The number of benzene rings is 2. The van der Waals surface area contributed by atoms with Gasteiger partial charge in [0.05, 0.1) is 10.7 Å². The zero-order valence-electron chi connectivity index (χ0n) is 14.1. The first kappa shape index (κ1) is 18.1. The van der Waals surface area contributed by atoms with Crippen molar-refractivity contribution < 1.29 is 4.79 Å². The fourth-order valence-corrected chi connectivity index (χ4v) is 3.38. The summed E-state index contributed by atoms with van der Waals surface area (Å²) in [7, 11) is 0. The summed E-state index contributed by atoms with van der Waals surface area (Å²) in [5.74, 6) is 0. The Bertz CT molecular complexity index is 758. The first-order valence-electron chi connectivity index (χ1n) is 8.31. The third-order valence-corrected chi connectivity index (χ3v) is 5.04. The number of hydrogen-bond donors (Lipinski definition) is 1. The van der Waals surface area contributed by atoms with Gasteiger partial charge in [-0.25, -0.2) is 4.79 Å². The fourth-order valence-electron chi connectivity index (χ4n) is 2.92. The normalized spacial score (nSPS) is 15.2. The van der Waals surface area contributed by atoms with Gasteiger partial charge in [-0.15, -0.1) is 0 Å². The van der Waals surface area contributed by atoms with Gasteiger partial charge >= 0.3 is 6.03 Å². The van der Waals surface area contributed by atoms with Gasteiger partial charge in [0, 0.05) is 37.7 Å². The van der Waals surface area contributed by atoms with Gasteiger partial charge in [0.15, 0.2) is 0 Å². The van der Waals surface area contributed by atoms with E-state index in [1.165, 1.54) is 11.1 Å². The molecule has 0 saturated carbocycles. The lowest BCUT2D eigenvalue weighted by Crippen LogP contribution is -2.49. The molecule has 2 amide bonds. The van der Waals surface area contributed by atoms with Crippen molar-refractivity contribution in [1.29, 1.82) is 0 Å². The summed E-state index contributed by atoms with van der Waals surface area (Å²) in [4.78, 5) is 16.6. The van der Waals surface area contributed by atoms with Crippen molar-refractivity contribution in [3.8, 4) is 0 Å². The van der Waals surface area contributed by atoms with Crippen LogP contribution in [0.25, 0.3) is 0 Å². The number of urea groups is 1. The summed E-state index contributed by atoms with van der Waals surface area (Å²) < 4.78 is 0. The quantitative estimate of drug-likeness (QED) is 0.844. The first-order valence-corrected chi connectivity index (χ1v) is 9.06. The molecule has 6 heteroatoms. The predicted octanol–water partition coefficient (Wildman–Crippen LogP) is 4.65. The number of anilines is 1. The Morgan fingerprint density at radius 2 is 1.80 bits per heavy atom. The number of aryl methyl sites for hydroxylation is 1. The van der Waals surface area contributed by atoms with Crippen LogP contribution < -0.4 is 5.32 Å². The van der Waals surface area contributed by atoms with Crippen LogP contribution in [0.15, 0.2) is 42.5 Å². The van der Waals surface area contributed by atoms with Crippen LogP contribution in [0.4, 0.5) is 10.5 Å². The Morgan fingerprint density at radius 3 is 2.48 bits per heavy atom. The number of piperazine rings is 1. The summed E-state index contributed by atoms with van der Waals surface area (Å²) in [5, 5.41) is 3.85. The SMILES string of the molecule is Cc1ccccc1CN1CCN(C(=O)Nc2ccc(Cl)cc2Cl)CC1. The van der Waals surface area contributed by atoms with Crippen molar-refractivity contribution in [2.75, 3.05) is 31.5 Å². The average Bonchev–Trinajstić information content (AvgIpc) is 2.60. The molecule has 1 aliphatic heterocycles. The molecule has 0 unspecified atom stereocenters. The van der Waals surface area contributed by atoms with Crippen molar-refractivity contribution in [3.63, 3.8) is 0 Å². The molecule has 0 aliphatic carbocycles. The van der Waals surface area contributed by atoms with Crippen LogP contribution in [-0.4, -0.2) is 42.0 Å². The second kappa shape index (κ2) is 8.09. The first-order chi connectivity index (χ1) is 12.0. The number of halogens is 2.